The summed E-state index contributed by atoms with van der Waals surface area (Å²) in [7, 11) is 0. The molecule has 0 bridgehead atoms. The highest BCUT2D eigenvalue weighted by atomic mass is 19.4. The summed E-state index contributed by atoms with van der Waals surface area (Å²) in [4.78, 5) is 26.5. The molecule has 4 nitrogen and oxygen atoms in total. The molecule has 1 heterocycles. The van der Waals surface area contributed by atoms with Crippen LogP contribution in [0.1, 0.15) is 24.0 Å². The molecule has 3 rings (SSSR count). The quantitative estimate of drug-likeness (QED) is 0.760. The van der Waals surface area contributed by atoms with Gasteiger partial charge in [0.15, 0.2) is 0 Å². The average Bonchev–Trinajstić information content (AvgIpc) is 2.72. The van der Waals surface area contributed by atoms with Gasteiger partial charge in [-0.15, -0.1) is 0 Å². The number of carbonyl (C=O) groups is 2. The van der Waals surface area contributed by atoms with E-state index in [9.17, 15) is 22.8 Å². The number of rotatable bonds is 4. The summed E-state index contributed by atoms with van der Waals surface area (Å²) in [5.41, 5.74) is 0.233. The molecule has 2 aromatic rings. The number of nitrogens with zero attached hydrogens (tertiary/aromatic N) is 1. The minimum Gasteiger partial charge on any atom is -0.338 e. The number of carbonyl (C=O) groups excluding carboxylic acids is 2. The van der Waals surface area contributed by atoms with Gasteiger partial charge in [0.05, 0.1) is 11.5 Å². The highest BCUT2D eigenvalue weighted by molar-refractivity contribution is 5.95. The molecule has 0 aromatic heterocycles. The van der Waals surface area contributed by atoms with Gasteiger partial charge in [-0.1, -0.05) is 30.3 Å². The van der Waals surface area contributed by atoms with Crippen molar-refractivity contribution in [3.8, 4) is 0 Å². The van der Waals surface area contributed by atoms with Crippen molar-refractivity contribution in [2.24, 2.45) is 5.92 Å². The van der Waals surface area contributed by atoms with Crippen LogP contribution in [0.25, 0.3) is 6.08 Å². The van der Waals surface area contributed by atoms with Crippen molar-refractivity contribution in [1.29, 1.82) is 0 Å². The summed E-state index contributed by atoms with van der Waals surface area (Å²) in [5, 5.41) is 2.85. The maximum Gasteiger partial charge on any atom is 0.416 e. The van der Waals surface area contributed by atoms with Gasteiger partial charge in [-0.3, -0.25) is 9.59 Å². The van der Waals surface area contributed by atoms with Crippen LogP contribution in [0.15, 0.2) is 60.7 Å². The maximum atomic E-state index is 12.8. The van der Waals surface area contributed by atoms with Gasteiger partial charge in [0.1, 0.15) is 0 Å². The second-order valence-corrected chi connectivity index (χ2v) is 6.94. The van der Waals surface area contributed by atoms with E-state index in [2.05, 4.69) is 5.32 Å². The first kappa shape index (κ1) is 20.6. The number of alkyl halides is 3. The third kappa shape index (κ3) is 5.70. The number of amides is 2. The number of likely N-dealkylation sites (tertiary alicyclic amines) is 1. The predicted molar refractivity (Wildman–Crippen MR) is 105 cm³/mol. The van der Waals surface area contributed by atoms with Gasteiger partial charge in [0.25, 0.3) is 0 Å². The molecule has 1 fully saturated rings. The average molecular weight is 402 g/mol. The van der Waals surface area contributed by atoms with Crippen LogP contribution in [0.3, 0.4) is 0 Å². The molecule has 1 aliphatic rings. The van der Waals surface area contributed by atoms with E-state index in [4.69, 9.17) is 0 Å². The smallest absolute Gasteiger partial charge is 0.338 e. The molecule has 0 aliphatic carbocycles. The molecule has 7 heteroatoms. The minimum absolute atomic E-state index is 0.143. The zero-order valence-electron chi connectivity index (χ0n) is 15.7. The summed E-state index contributed by atoms with van der Waals surface area (Å²) in [6.45, 7) is 0.797. The molecule has 2 aromatic carbocycles. The zero-order chi connectivity index (χ0) is 20.9. The summed E-state index contributed by atoms with van der Waals surface area (Å²) in [6, 6.07) is 13.9. The molecule has 152 valence electrons. The van der Waals surface area contributed by atoms with Crippen molar-refractivity contribution < 1.29 is 22.8 Å². The Kier molecular flexibility index (Phi) is 6.36. The van der Waals surface area contributed by atoms with Gasteiger partial charge in [0, 0.05) is 24.9 Å². The third-order valence-electron chi connectivity index (χ3n) is 4.78. The van der Waals surface area contributed by atoms with E-state index < -0.39 is 11.7 Å². The Morgan fingerprint density at radius 1 is 1.07 bits per heavy atom. The Labute approximate surface area is 167 Å². The lowest BCUT2D eigenvalue weighted by atomic mass is 9.97. The van der Waals surface area contributed by atoms with Crippen LogP contribution < -0.4 is 5.32 Å². The Morgan fingerprint density at radius 2 is 1.83 bits per heavy atom. The van der Waals surface area contributed by atoms with E-state index in [1.165, 1.54) is 24.3 Å². The molecule has 0 spiro atoms. The second kappa shape index (κ2) is 8.94. The van der Waals surface area contributed by atoms with Gasteiger partial charge in [0.2, 0.25) is 11.8 Å². The fourth-order valence-corrected chi connectivity index (χ4v) is 3.25. The van der Waals surface area contributed by atoms with Crippen molar-refractivity contribution >= 4 is 23.6 Å². The largest absolute Gasteiger partial charge is 0.416 e. The number of piperidine rings is 1. The van der Waals surface area contributed by atoms with Crippen LogP contribution in [-0.2, 0) is 15.8 Å². The van der Waals surface area contributed by atoms with Crippen molar-refractivity contribution in [3.05, 3.63) is 71.8 Å². The van der Waals surface area contributed by atoms with Crippen molar-refractivity contribution in [2.45, 2.75) is 19.0 Å². The van der Waals surface area contributed by atoms with Crippen molar-refractivity contribution in [1.82, 2.24) is 4.90 Å². The monoisotopic (exact) mass is 402 g/mol. The molecule has 1 N–H and O–H groups in total. The van der Waals surface area contributed by atoms with E-state index >= 15 is 0 Å². The van der Waals surface area contributed by atoms with Gasteiger partial charge < -0.3 is 10.2 Å². The zero-order valence-corrected chi connectivity index (χ0v) is 15.7. The molecule has 1 saturated heterocycles. The van der Waals surface area contributed by atoms with Crippen molar-refractivity contribution in [3.63, 3.8) is 0 Å². The highest BCUT2D eigenvalue weighted by Gasteiger charge is 2.30. The number of benzene rings is 2. The van der Waals surface area contributed by atoms with Crippen LogP contribution >= 0.6 is 0 Å². The number of para-hydroxylation sites is 1. The fourth-order valence-electron chi connectivity index (χ4n) is 3.25. The first-order valence-corrected chi connectivity index (χ1v) is 9.33. The van der Waals surface area contributed by atoms with Gasteiger partial charge in [-0.05, 0) is 48.7 Å². The molecule has 29 heavy (non-hydrogen) atoms. The van der Waals surface area contributed by atoms with E-state index in [0.29, 0.717) is 30.6 Å². The fraction of sp³-hybridized carbons (Fsp3) is 0.273. The SMILES string of the molecule is O=C(Nc1ccccc1)C1CCCN(C(=O)C=Cc2cccc(C(F)(F)F)c2)C1. The molecule has 1 aliphatic heterocycles. The second-order valence-electron chi connectivity index (χ2n) is 6.94. The lowest BCUT2D eigenvalue weighted by Gasteiger charge is -2.31. The van der Waals surface area contributed by atoms with E-state index in [1.807, 2.05) is 18.2 Å². The van der Waals surface area contributed by atoms with E-state index in [-0.39, 0.29) is 24.3 Å². The molecular formula is C22H21F3N2O2. The number of hydrogen-bond donors (Lipinski definition) is 1. The Morgan fingerprint density at radius 3 is 2.55 bits per heavy atom. The predicted octanol–water partition coefficient (Wildman–Crippen LogP) is 4.60. The van der Waals surface area contributed by atoms with Crippen LogP contribution in [0.5, 0.6) is 0 Å². The minimum atomic E-state index is -4.43. The Hall–Kier alpha value is -3.09. The lowest BCUT2D eigenvalue weighted by molar-refractivity contribution is -0.137. The number of halogens is 3. The number of anilines is 1. The summed E-state index contributed by atoms with van der Waals surface area (Å²) < 4.78 is 38.4. The molecule has 0 saturated carbocycles. The molecule has 1 unspecified atom stereocenters. The number of nitrogens with one attached hydrogen (secondary N) is 1. The van der Waals surface area contributed by atoms with Crippen molar-refractivity contribution in [2.75, 3.05) is 18.4 Å². The van der Waals surface area contributed by atoms with Crippen LogP contribution in [0.2, 0.25) is 0 Å². The van der Waals surface area contributed by atoms with E-state index in [0.717, 1.165) is 12.1 Å². The maximum absolute atomic E-state index is 12.8. The Balaban J connectivity index is 1.61. The van der Waals surface area contributed by atoms with E-state index in [1.54, 1.807) is 17.0 Å². The topological polar surface area (TPSA) is 49.4 Å². The highest BCUT2D eigenvalue weighted by Crippen LogP contribution is 2.29. The van der Waals surface area contributed by atoms with Crippen LogP contribution in [-0.4, -0.2) is 29.8 Å². The standard InChI is InChI=1S/C22H21F3N2O2/c23-22(24,25)18-8-4-6-16(14-18)11-12-20(28)27-13-5-7-17(15-27)21(29)26-19-9-2-1-3-10-19/h1-4,6,8-12,14,17H,5,7,13,15H2,(H,26,29). The van der Waals surface area contributed by atoms with Gasteiger partial charge >= 0.3 is 6.18 Å². The summed E-state index contributed by atoms with van der Waals surface area (Å²) in [5.74, 6) is -0.787. The lowest BCUT2D eigenvalue weighted by Crippen LogP contribution is -2.43. The molecular weight excluding hydrogens is 381 g/mol. The van der Waals surface area contributed by atoms with Crippen LogP contribution in [0.4, 0.5) is 18.9 Å². The summed E-state index contributed by atoms with van der Waals surface area (Å²) >= 11 is 0. The Bertz CT molecular complexity index is 894. The summed E-state index contributed by atoms with van der Waals surface area (Å²) in [6.07, 6.45) is -0.436. The molecule has 0 radical (unpaired) electrons. The molecule has 1 atom stereocenters. The first-order valence-electron chi connectivity index (χ1n) is 9.33. The number of hydrogen-bond acceptors (Lipinski definition) is 2. The van der Waals surface area contributed by atoms with Gasteiger partial charge in [-0.2, -0.15) is 13.2 Å². The first-order chi connectivity index (χ1) is 13.8. The molecule has 2 amide bonds. The third-order valence-corrected chi connectivity index (χ3v) is 4.78. The van der Waals surface area contributed by atoms with Gasteiger partial charge in [-0.25, -0.2) is 0 Å². The van der Waals surface area contributed by atoms with Crippen LogP contribution in [0, 0.1) is 5.92 Å². The normalized spacial score (nSPS) is 17.3.